The Hall–Kier alpha value is -3.75. The van der Waals surface area contributed by atoms with Gasteiger partial charge in [-0.25, -0.2) is 4.79 Å². The van der Waals surface area contributed by atoms with Crippen molar-refractivity contribution in [3.63, 3.8) is 0 Å². The van der Waals surface area contributed by atoms with Crippen LogP contribution in [0.2, 0.25) is 0 Å². The lowest BCUT2D eigenvalue weighted by Crippen LogP contribution is -2.31. The standard InChI is InChI=1S/C25H24N4O5/c1-13-11-17(30)33-21-14(2)22-16(12-15(13)21)18-19(24(31)28-7-3-4-8-28)26-27-20(23(18)34-22)25(32)29-9-5-6-10-29/h11-12H,3-10H2,1-2H3. The van der Waals surface area contributed by atoms with Crippen LogP contribution >= 0.6 is 0 Å². The maximum Gasteiger partial charge on any atom is 0.336 e. The normalized spacial score (nSPS) is 16.4. The second-order valence-corrected chi connectivity index (χ2v) is 9.21. The predicted molar refractivity (Wildman–Crippen MR) is 125 cm³/mol. The van der Waals surface area contributed by atoms with Crippen LogP contribution in [0.3, 0.4) is 0 Å². The molecule has 0 aliphatic carbocycles. The van der Waals surface area contributed by atoms with Gasteiger partial charge in [0.25, 0.3) is 11.8 Å². The fourth-order valence-corrected chi connectivity index (χ4v) is 5.21. The molecule has 9 nitrogen and oxygen atoms in total. The summed E-state index contributed by atoms with van der Waals surface area (Å²) >= 11 is 0. The molecular weight excluding hydrogens is 436 g/mol. The van der Waals surface area contributed by atoms with Gasteiger partial charge in [0.05, 0.1) is 5.39 Å². The van der Waals surface area contributed by atoms with E-state index >= 15 is 0 Å². The average molecular weight is 460 g/mol. The summed E-state index contributed by atoms with van der Waals surface area (Å²) < 4.78 is 11.8. The monoisotopic (exact) mass is 460 g/mol. The molecule has 3 aromatic heterocycles. The minimum Gasteiger partial charge on any atom is -0.453 e. The fourth-order valence-electron chi connectivity index (χ4n) is 5.21. The maximum absolute atomic E-state index is 13.4. The smallest absolute Gasteiger partial charge is 0.336 e. The van der Waals surface area contributed by atoms with E-state index in [2.05, 4.69) is 10.2 Å². The van der Waals surface area contributed by atoms with Crippen molar-refractivity contribution in [3.05, 3.63) is 45.1 Å². The van der Waals surface area contributed by atoms with E-state index in [-0.39, 0.29) is 28.8 Å². The van der Waals surface area contributed by atoms with E-state index in [9.17, 15) is 14.4 Å². The third-order valence-electron chi connectivity index (χ3n) is 7.02. The number of nitrogens with zero attached hydrogens (tertiary/aromatic N) is 4. The van der Waals surface area contributed by atoms with Crippen molar-refractivity contribution in [3.8, 4) is 0 Å². The van der Waals surface area contributed by atoms with E-state index in [4.69, 9.17) is 8.83 Å². The molecule has 0 N–H and O–H groups in total. The molecule has 2 amide bonds. The van der Waals surface area contributed by atoms with Crippen LogP contribution in [0.5, 0.6) is 0 Å². The van der Waals surface area contributed by atoms with Crippen LogP contribution in [0.25, 0.3) is 32.9 Å². The second kappa shape index (κ2) is 7.65. The van der Waals surface area contributed by atoms with Gasteiger partial charge in [-0.2, -0.15) is 0 Å². The van der Waals surface area contributed by atoms with Crippen LogP contribution in [-0.4, -0.2) is 58.0 Å². The molecule has 4 aromatic rings. The van der Waals surface area contributed by atoms with Crippen LogP contribution in [0.4, 0.5) is 0 Å². The Labute approximate surface area is 194 Å². The van der Waals surface area contributed by atoms with Crippen molar-refractivity contribution in [1.29, 1.82) is 0 Å². The summed E-state index contributed by atoms with van der Waals surface area (Å²) in [6.45, 7) is 6.29. The van der Waals surface area contributed by atoms with Gasteiger partial charge in [0.2, 0.25) is 0 Å². The Kier molecular flexibility index (Phi) is 4.68. The van der Waals surface area contributed by atoms with Gasteiger partial charge < -0.3 is 18.6 Å². The fraction of sp³-hybridized carbons (Fsp3) is 0.400. The molecule has 34 heavy (non-hydrogen) atoms. The summed E-state index contributed by atoms with van der Waals surface area (Å²) in [4.78, 5) is 42.3. The number of aryl methyl sites for hydroxylation is 2. The number of fused-ring (bicyclic) bond motifs is 4. The van der Waals surface area contributed by atoms with Gasteiger partial charge in [0, 0.05) is 48.6 Å². The van der Waals surface area contributed by atoms with E-state index in [0.717, 1.165) is 36.6 Å². The Bertz CT molecular complexity index is 1560. The summed E-state index contributed by atoms with van der Waals surface area (Å²) in [7, 11) is 0. The molecule has 174 valence electrons. The lowest BCUT2D eigenvalue weighted by atomic mass is 10.0. The first-order valence-corrected chi connectivity index (χ1v) is 11.7. The van der Waals surface area contributed by atoms with Gasteiger partial charge in [-0.1, -0.05) is 0 Å². The minimum absolute atomic E-state index is 0.104. The quantitative estimate of drug-likeness (QED) is 0.421. The first kappa shape index (κ1) is 20.8. The number of carbonyl (C=O) groups excluding carboxylic acids is 2. The summed E-state index contributed by atoms with van der Waals surface area (Å²) in [5, 5.41) is 10.4. The molecule has 2 saturated heterocycles. The van der Waals surface area contributed by atoms with E-state index < -0.39 is 5.63 Å². The number of rotatable bonds is 2. The number of benzene rings is 1. The highest BCUT2D eigenvalue weighted by Crippen LogP contribution is 2.38. The van der Waals surface area contributed by atoms with E-state index in [1.165, 1.54) is 6.07 Å². The van der Waals surface area contributed by atoms with E-state index in [1.807, 2.05) is 13.0 Å². The van der Waals surface area contributed by atoms with Crippen molar-refractivity contribution < 1.29 is 18.4 Å². The number of carbonyl (C=O) groups is 2. The molecular formula is C25H24N4O5. The highest BCUT2D eigenvalue weighted by molar-refractivity contribution is 6.21. The molecule has 2 aliphatic rings. The van der Waals surface area contributed by atoms with E-state index in [0.29, 0.717) is 53.7 Å². The second-order valence-electron chi connectivity index (χ2n) is 9.21. The van der Waals surface area contributed by atoms with Crippen molar-refractivity contribution in [2.45, 2.75) is 39.5 Å². The summed E-state index contributed by atoms with van der Waals surface area (Å²) in [5.41, 5.74) is 2.37. The molecule has 0 saturated carbocycles. The Morgan fingerprint density at radius 3 is 1.97 bits per heavy atom. The zero-order valence-corrected chi connectivity index (χ0v) is 19.1. The van der Waals surface area contributed by atoms with Crippen LogP contribution in [0.1, 0.15) is 57.8 Å². The SMILES string of the molecule is Cc1cc(=O)oc2c(C)c3oc4c(C(=O)N5CCCC5)nnc(C(=O)N5CCCC5)c4c3cc12. The molecule has 0 bridgehead atoms. The molecule has 0 unspecified atom stereocenters. The topological polar surface area (TPSA) is 110 Å². The average Bonchev–Trinajstić information content (AvgIpc) is 3.59. The molecule has 9 heteroatoms. The zero-order chi connectivity index (χ0) is 23.6. The van der Waals surface area contributed by atoms with Crippen LogP contribution < -0.4 is 5.63 Å². The molecule has 2 fully saturated rings. The summed E-state index contributed by atoms with van der Waals surface area (Å²) in [5.74, 6) is -0.467. The molecule has 0 radical (unpaired) electrons. The summed E-state index contributed by atoms with van der Waals surface area (Å²) in [6, 6.07) is 3.29. The molecule has 5 heterocycles. The first-order chi connectivity index (χ1) is 16.4. The van der Waals surface area contributed by atoms with Gasteiger partial charge in [0.1, 0.15) is 11.2 Å². The minimum atomic E-state index is -0.443. The van der Waals surface area contributed by atoms with Gasteiger partial charge >= 0.3 is 5.63 Å². The van der Waals surface area contributed by atoms with Crippen LogP contribution in [0.15, 0.2) is 25.8 Å². The number of hydrogen-bond donors (Lipinski definition) is 0. The number of amides is 2. The van der Waals surface area contributed by atoms with Crippen molar-refractivity contribution in [2.24, 2.45) is 0 Å². The third-order valence-corrected chi connectivity index (χ3v) is 7.02. The maximum atomic E-state index is 13.4. The number of aromatic nitrogens is 2. The van der Waals surface area contributed by atoms with E-state index in [1.54, 1.807) is 16.7 Å². The molecule has 0 atom stereocenters. The third kappa shape index (κ3) is 3.03. The van der Waals surface area contributed by atoms with Gasteiger partial charge in [-0.3, -0.25) is 9.59 Å². The largest absolute Gasteiger partial charge is 0.453 e. The first-order valence-electron chi connectivity index (χ1n) is 11.7. The molecule has 0 spiro atoms. The zero-order valence-electron chi connectivity index (χ0n) is 19.1. The van der Waals surface area contributed by atoms with Crippen molar-refractivity contribution in [2.75, 3.05) is 26.2 Å². The van der Waals surface area contributed by atoms with Crippen molar-refractivity contribution >= 4 is 44.7 Å². The Balaban J connectivity index is 1.69. The van der Waals surface area contributed by atoms with Gasteiger partial charge in [-0.15, -0.1) is 10.2 Å². The lowest BCUT2D eigenvalue weighted by molar-refractivity contribution is 0.0772. The Morgan fingerprint density at radius 2 is 1.32 bits per heavy atom. The number of furan rings is 1. The van der Waals surface area contributed by atoms with Crippen LogP contribution in [-0.2, 0) is 0 Å². The predicted octanol–water partition coefficient (Wildman–Crippen LogP) is 3.57. The summed E-state index contributed by atoms with van der Waals surface area (Å²) in [6.07, 6.45) is 3.78. The van der Waals surface area contributed by atoms with Crippen LogP contribution in [0, 0.1) is 13.8 Å². The van der Waals surface area contributed by atoms with Crippen molar-refractivity contribution in [1.82, 2.24) is 20.0 Å². The highest BCUT2D eigenvalue weighted by Gasteiger charge is 2.32. The Morgan fingerprint density at radius 1 is 0.765 bits per heavy atom. The number of hydrogen-bond acceptors (Lipinski definition) is 7. The molecule has 1 aromatic carbocycles. The van der Waals surface area contributed by atoms with Gasteiger partial charge in [0.15, 0.2) is 17.0 Å². The van der Waals surface area contributed by atoms with Gasteiger partial charge in [-0.05, 0) is 51.2 Å². The molecule has 6 rings (SSSR count). The highest BCUT2D eigenvalue weighted by atomic mass is 16.4. The lowest BCUT2D eigenvalue weighted by Gasteiger charge is -2.16. The number of likely N-dealkylation sites (tertiary alicyclic amines) is 2. The molecule has 2 aliphatic heterocycles.